The molecule has 1 saturated heterocycles. The highest BCUT2D eigenvalue weighted by Gasteiger charge is 2.30. The van der Waals surface area contributed by atoms with Gasteiger partial charge in [0.25, 0.3) is 0 Å². The predicted molar refractivity (Wildman–Crippen MR) is 115 cm³/mol. The number of amides is 1. The molecule has 1 fully saturated rings. The van der Waals surface area contributed by atoms with Crippen LogP contribution in [0.4, 0.5) is 0 Å². The normalized spacial score (nSPS) is 15.0. The van der Waals surface area contributed by atoms with Crippen LogP contribution in [0.25, 0.3) is 0 Å². The van der Waals surface area contributed by atoms with Gasteiger partial charge in [0.05, 0.1) is 22.9 Å². The average molecular weight is 426 g/mol. The van der Waals surface area contributed by atoms with E-state index in [0.29, 0.717) is 25.1 Å². The average Bonchev–Trinajstić information content (AvgIpc) is 2.78. The van der Waals surface area contributed by atoms with Gasteiger partial charge in [0, 0.05) is 26.2 Å². The van der Waals surface area contributed by atoms with Crippen LogP contribution < -0.4 is 0 Å². The summed E-state index contributed by atoms with van der Waals surface area (Å²) in [5.41, 5.74) is 2.69. The van der Waals surface area contributed by atoms with Gasteiger partial charge in [-0.25, -0.2) is 8.42 Å². The first kappa shape index (κ1) is 22.0. The number of carbonyl (C=O) groups excluding carboxylic acids is 1. The van der Waals surface area contributed by atoms with Gasteiger partial charge in [-0.1, -0.05) is 37.6 Å². The molecule has 7 heteroatoms. The topological polar surface area (TPSA) is 81.5 Å². The van der Waals surface area contributed by atoms with Crippen LogP contribution in [0.1, 0.15) is 36.5 Å². The Bertz CT molecular complexity index is 1000. The summed E-state index contributed by atoms with van der Waals surface area (Å²) in [6.07, 6.45) is 3.71. The number of unbranched alkanes of at least 4 members (excludes halogenated alkanes) is 1. The molecule has 1 aliphatic heterocycles. The van der Waals surface area contributed by atoms with Crippen LogP contribution in [0.2, 0.25) is 0 Å². The zero-order valence-corrected chi connectivity index (χ0v) is 18.1. The summed E-state index contributed by atoms with van der Waals surface area (Å²) in [4.78, 5) is 14.6. The van der Waals surface area contributed by atoms with Gasteiger partial charge in [-0.05, 0) is 48.2 Å². The minimum Gasteiger partial charge on any atom is -0.340 e. The Morgan fingerprint density at radius 1 is 0.967 bits per heavy atom. The van der Waals surface area contributed by atoms with Crippen molar-refractivity contribution >= 4 is 15.9 Å². The van der Waals surface area contributed by atoms with E-state index in [9.17, 15) is 13.2 Å². The lowest BCUT2D eigenvalue weighted by molar-refractivity contribution is -0.131. The van der Waals surface area contributed by atoms with Crippen LogP contribution in [-0.2, 0) is 27.7 Å². The summed E-state index contributed by atoms with van der Waals surface area (Å²) in [6.45, 7) is 3.46. The Balaban J connectivity index is 1.55. The number of hydrogen-bond donors (Lipinski definition) is 0. The molecule has 0 unspecified atom stereocenters. The van der Waals surface area contributed by atoms with Crippen molar-refractivity contribution in [2.75, 3.05) is 26.2 Å². The number of sulfonamides is 1. The van der Waals surface area contributed by atoms with Gasteiger partial charge >= 0.3 is 0 Å². The van der Waals surface area contributed by atoms with Gasteiger partial charge in [0.2, 0.25) is 15.9 Å². The maximum atomic E-state index is 12.8. The van der Waals surface area contributed by atoms with E-state index < -0.39 is 10.0 Å². The quantitative estimate of drug-likeness (QED) is 0.683. The lowest BCUT2D eigenvalue weighted by Crippen LogP contribution is -2.50. The number of hydrogen-bond acceptors (Lipinski definition) is 4. The second-order valence-electron chi connectivity index (χ2n) is 7.52. The molecular weight excluding hydrogens is 398 g/mol. The lowest BCUT2D eigenvalue weighted by Gasteiger charge is -2.34. The van der Waals surface area contributed by atoms with Crippen LogP contribution in [-0.4, -0.2) is 49.7 Å². The molecule has 2 aromatic rings. The predicted octanol–water partition coefficient (Wildman–Crippen LogP) is 2.98. The number of carbonyl (C=O) groups is 1. The SMILES string of the molecule is CCCCc1ccc(CC(=O)N2CCN(S(=O)(=O)c3ccc(C#N)cc3)CC2)cc1. The molecule has 2 aromatic carbocycles. The summed E-state index contributed by atoms with van der Waals surface area (Å²) >= 11 is 0. The molecule has 3 rings (SSSR count). The van der Waals surface area contributed by atoms with Crippen molar-refractivity contribution in [3.63, 3.8) is 0 Å². The molecule has 0 aromatic heterocycles. The molecule has 158 valence electrons. The highest BCUT2D eigenvalue weighted by Crippen LogP contribution is 2.19. The number of piperazine rings is 1. The van der Waals surface area contributed by atoms with Crippen molar-refractivity contribution in [2.24, 2.45) is 0 Å². The second-order valence-corrected chi connectivity index (χ2v) is 9.46. The molecule has 0 spiro atoms. The summed E-state index contributed by atoms with van der Waals surface area (Å²) in [6, 6.07) is 16.1. The summed E-state index contributed by atoms with van der Waals surface area (Å²) < 4.78 is 27.0. The lowest BCUT2D eigenvalue weighted by atomic mass is 10.0. The van der Waals surface area contributed by atoms with E-state index in [4.69, 9.17) is 5.26 Å². The summed E-state index contributed by atoms with van der Waals surface area (Å²) in [5.74, 6) is 0.0201. The van der Waals surface area contributed by atoms with Gasteiger partial charge in [0.1, 0.15) is 0 Å². The third-order valence-corrected chi connectivity index (χ3v) is 7.32. The zero-order chi connectivity index (χ0) is 21.6. The molecule has 6 nitrogen and oxygen atoms in total. The van der Waals surface area contributed by atoms with Crippen LogP contribution in [0.5, 0.6) is 0 Å². The van der Waals surface area contributed by atoms with Crippen LogP contribution >= 0.6 is 0 Å². The minimum absolute atomic E-state index is 0.0201. The number of aryl methyl sites for hydroxylation is 1. The highest BCUT2D eigenvalue weighted by atomic mass is 32.2. The van der Waals surface area contributed by atoms with Crippen molar-refractivity contribution in [2.45, 2.75) is 37.5 Å². The fourth-order valence-electron chi connectivity index (χ4n) is 3.52. The first-order valence-corrected chi connectivity index (χ1v) is 11.7. The molecule has 0 radical (unpaired) electrons. The largest absolute Gasteiger partial charge is 0.340 e. The van der Waals surface area contributed by atoms with Crippen molar-refractivity contribution in [1.82, 2.24) is 9.21 Å². The van der Waals surface area contributed by atoms with Crippen LogP contribution in [0.3, 0.4) is 0 Å². The highest BCUT2D eigenvalue weighted by molar-refractivity contribution is 7.89. The Morgan fingerprint density at radius 3 is 2.13 bits per heavy atom. The fourth-order valence-corrected chi connectivity index (χ4v) is 4.94. The Morgan fingerprint density at radius 2 is 1.57 bits per heavy atom. The van der Waals surface area contributed by atoms with Gasteiger partial charge in [-0.15, -0.1) is 0 Å². The zero-order valence-electron chi connectivity index (χ0n) is 17.3. The monoisotopic (exact) mass is 425 g/mol. The van der Waals surface area contributed by atoms with Crippen LogP contribution in [0.15, 0.2) is 53.4 Å². The first-order valence-electron chi connectivity index (χ1n) is 10.3. The van der Waals surface area contributed by atoms with E-state index in [1.807, 2.05) is 18.2 Å². The molecule has 0 bridgehead atoms. The van der Waals surface area contributed by atoms with Gasteiger partial charge in [0.15, 0.2) is 0 Å². The second kappa shape index (κ2) is 9.88. The van der Waals surface area contributed by atoms with E-state index in [1.54, 1.807) is 4.90 Å². The smallest absolute Gasteiger partial charge is 0.243 e. The van der Waals surface area contributed by atoms with E-state index in [1.165, 1.54) is 34.1 Å². The maximum Gasteiger partial charge on any atom is 0.243 e. The van der Waals surface area contributed by atoms with E-state index >= 15 is 0 Å². The van der Waals surface area contributed by atoms with Gasteiger partial charge in [-0.2, -0.15) is 9.57 Å². The van der Waals surface area contributed by atoms with E-state index in [2.05, 4.69) is 19.1 Å². The standard InChI is InChI=1S/C23H27N3O3S/c1-2-3-4-19-5-7-20(8-6-19)17-23(27)25-13-15-26(16-14-25)30(28,29)22-11-9-21(18-24)10-12-22/h5-12H,2-4,13-17H2,1H3. The Kier molecular flexibility index (Phi) is 7.24. The minimum atomic E-state index is -3.62. The molecular formula is C23H27N3O3S. The van der Waals surface area contributed by atoms with Crippen molar-refractivity contribution in [3.05, 3.63) is 65.2 Å². The van der Waals surface area contributed by atoms with Crippen molar-refractivity contribution in [1.29, 1.82) is 5.26 Å². The van der Waals surface area contributed by atoms with Crippen molar-refractivity contribution in [3.8, 4) is 6.07 Å². The summed E-state index contributed by atoms with van der Waals surface area (Å²) in [5, 5.41) is 8.87. The number of rotatable bonds is 7. The van der Waals surface area contributed by atoms with Gasteiger partial charge in [-0.3, -0.25) is 4.79 Å². The Labute approximate surface area is 178 Å². The molecule has 1 heterocycles. The van der Waals surface area contributed by atoms with E-state index in [0.717, 1.165) is 24.8 Å². The fraction of sp³-hybridized carbons (Fsp3) is 0.391. The number of nitriles is 1. The number of nitrogens with zero attached hydrogens (tertiary/aromatic N) is 3. The van der Waals surface area contributed by atoms with Gasteiger partial charge < -0.3 is 4.90 Å². The first-order chi connectivity index (χ1) is 14.4. The third kappa shape index (κ3) is 5.26. The molecule has 0 saturated carbocycles. The summed E-state index contributed by atoms with van der Waals surface area (Å²) in [7, 11) is -3.62. The van der Waals surface area contributed by atoms with Crippen molar-refractivity contribution < 1.29 is 13.2 Å². The maximum absolute atomic E-state index is 12.8. The molecule has 1 aliphatic rings. The third-order valence-electron chi connectivity index (χ3n) is 5.41. The molecule has 30 heavy (non-hydrogen) atoms. The molecule has 0 atom stereocenters. The molecule has 1 amide bonds. The molecule has 0 N–H and O–H groups in total. The number of benzene rings is 2. The van der Waals surface area contributed by atoms with E-state index in [-0.39, 0.29) is 23.9 Å². The Hall–Kier alpha value is -2.69. The molecule has 0 aliphatic carbocycles. The van der Waals surface area contributed by atoms with Crippen LogP contribution in [0, 0.1) is 11.3 Å².